The monoisotopic (exact) mass is 170 g/mol. The SMILES string of the molecule is C=C(C)CCC.CC=CC(=O)O. The summed E-state index contributed by atoms with van der Waals surface area (Å²) in [6.07, 6.45) is 4.97. The Morgan fingerprint density at radius 2 is 2.08 bits per heavy atom. The number of allylic oxidation sites excluding steroid dienone is 2. The minimum Gasteiger partial charge on any atom is -0.478 e. The molecule has 12 heavy (non-hydrogen) atoms. The predicted octanol–water partition coefficient (Wildman–Crippen LogP) is 3.01. The van der Waals surface area contributed by atoms with Crippen LogP contribution in [0, 0.1) is 0 Å². The first-order chi connectivity index (χ1) is 5.54. The number of carboxylic acid groups (broad SMARTS) is 1. The quantitative estimate of drug-likeness (QED) is 0.522. The van der Waals surface area contributed by atoms with E-state index in [4.69, 9.17) is 5.11 Å². The second-order valence-corrected chi connectivity index (χ2v) is 2.55. The zero-order valence-corrected chi connectivity index (χ0v) is 8.13. The molecule has 0 amide bonds. The van der Waals surface area contributed by atoms with Crippen LogP contribution in [0.5, 0.6) is 0 Å². The van der Waals surface area contributed by atoms with Crippen molar-refractivity contribution in [2.75, 3.05) is 0 Å². The van der Waals surface area contributed by atoms with Crippen LogP contribution in [0.3, 0.4) is 0 Å². The van der Waals surface area contributed by atoms with E-state index in [2.05, 4.69) is 20.4 Å². The van der Waals surface area contributed by atoms with Gasteiger partial charge in [-0.3, -0.25) is 0 Å². The summed E-state index contributed by atoms with van der Waals surface area (Å²) >= 11 is 0. The van der Waals surface area contributed by atoms with E-state index in [-0.39, 0.29) is 0 Å². The molecule has 0 saturated heterocycles. The van der Waals surface area contributed by atoms with Gasteiger partial charge in [-0.1, -0.05) is 25.0 Å². The highest BCUT2D eigenvalue weighted by atomic mass is 16.4. The molecule has 0 heterocycles. The Hall–Kier alpha value is -1.05. The Balaban J connectivity index is 0. The highest BCUT2D eigenvalue weighted by molar-refractivity contribution is 5.79. The van der Waals surface area contributed by atoms with E-state index >= 15 is 0 Å². The van der Waals surface area contributed by atoms with Crippen molar-refractivity contribution in [3.63, 3.8) is 0 Å². The van der Waals surface area contributed by atoms with Gasteiger partial charge in [-0.2, -0.15) is 0 Å². The molecule has 0 radical (unpaired) electrons. The fourth-order valence-corrected chi connectivity index (χ4v) is 0.569. The van der Waals surface area contributed by atoms with E-state index in [0.717, 1.165) is 6.08 Å². The molecule has 0 atom stereocenters. The number of carboxylic acids is 1. The lowest BCUT2D eigenvalue weighted by Gasteiger charge is -1.87. The Morgan fingerprint density at radius 3 is 2.08 bits per heavy atom. The molecule has 0 fully saturated rings. The van der Waals surface area contributed by atoms with Crippen LogP contribution in [0.15, 0.2) is 24.3 Å². The maximum atomic E-state index is 9.51. The third-order valence-electron chi connectivity index (χ3n) is 0.986. The van der Waals surface area contributed by atoms with E-state index in [1.807, 2.05) is 0 Å². The average Bonchev–Trinajstić information content (AvgIpc) is 1.87. The molecule has 0 aliphatic heterocycles. The molecule has 0 spiro atoms. The van der Waals surface area contributed by atoms with Crippen LogP contribution in [0.1, 0.15) is 33.6 Å². The topological polar surface area (TPSA) is 37.3 Å². The van der Waals surface area contributed by atoms with E-state index < -0.39 is 5.97 Å². The lowest BCUT2D eigenvalue weighted by molar-refractivity contribution is -0.131. The molecular formula is C10H18O2. The van der Waals surface area contributed by atoms with Crippen molar-refractivity contribution in [2.24, 2.45) is 0 Å². The minimum atomic E-state index is -0.891. The smallest absolute Gasteiger partial charge is 0.327 e. The van der Waals surface area contributed by atoms with Crippen molar-refractivity contribution in [1.29, 1.82) is 0 Å². The maximum absolute atomic E-state index is 9.51. The molecule has 0 aromatic carbocycles. The van der Waals surface area contributed by atoms with Crippen molar-refractivity contribution in [3.8, 4) is 0 Å². The summed E-state index contributed by atoms with van der Waals surface area (Å²) in [5.41, 5.74) is 1.29. The van der Waals surface area contributed by atoms with Gasteiger partial charge in [-0.05, 0) is 20.3 Å². The lowest BCUT2D eigenvalue weighted by atomic mass is 10.2. The Labute approximate surface area is 74.6 Å². The summed E-state index contributed by atoms with van der Waals surface area (Å²) in [4.78, 5) is 9.51. The Kier molecular flexibility index (Phi) is 11.2. The molecule has 70 valence electrons. The number of carbonyl (C=O) groups is 1. The molecule has 0 aliphatic rings. The molecule has 0 aliphatic carbocycles. The molecule has 0 aromatic heterocycles. The lowest BCUT2D eigenvalue weighted by Crippen LogP contribution is -1.83. The Morgan fingerprint density at radius 1 is 1.58 bits per heavy atom. The van der Waals surface area contributed by atoms with Crippen LogP contribution < -0.4 is 0 Å². The molecule has 2 nitrogen and oxygen atoms in total. The third kappa shape index (κ3) is 23.1. The van der Waals surface area contributed by atoms with E-state index in [1.54, 1.807) is 6.92 Å². The second kappa shape index (κ2) is 9.95. The van der Waals surface area contributed by atoms with Gasteiger partial charge < -0.3 is 5.11 Å². The van der Waals surface area contributed by atoms with Crippen molar-refractivity contribution in [2.45, 2.75) is 33.6 Å². The molecule has 1 N–H and O–H groups in total. The summed E-state index contributed by atoms with van der Waals surface area (Å²) in [5, 5.41) is 7.83. The summed E-state index contributed by atoms with van der Waals surface area (Å²) in [7, 11) is 0. The highest BCUT2D eigenvalue weighted by Crippen LogP contribution is 1.96. The van der Waals surface area contributed by atoms with E-state index in [0.29, 0.717) is 0 Å². The van der Waals surface area contributed by atoms with Crippen LogP contribution in [-0.4, -0.2) is 11.1 Å². The summed E-state index contributed by atoms with van der Waals surface area (Å²) < 4.78 is 0. The Bertz CT molecular complexity index is 157. The number of hydrogen-bond acceptors (Lipinski definition) is 1. The second-order valence-electron chi connectivity index (χ2n) is 2.55. The van der Waals surface area contributed by atoms with Gasteiger partial charge in [0.1, 0.15) is 0 Å². The number of hydrogen-bond donors (Lipinski definition) is 1. The standard InChI is InChI=1S/C6H12.C4H6O2/c1-4-5-6(2)3;1-2-3-4(5)6/h2,4-5H2,1,3H3;2-3H,1H3,(H,5,6). The van der Waals surface area contributed by atoms with Gasteiger partial charge in [0.05, 0.1) is 0 Å². The van der Waals surface area contributed by atoms with Gasteiger partial charge in [0.2, 0.25) is 0 Å². The third-order valence-corrected chi connectivity index (χ3v) is 0.986. The van der Waals surface area contributed by atoms with Crippen LogP contribution in [0.4, 0.5) is 0 Å². The molecular weight excluding hydrogens is 152 g/mol. The largest absolute Gasteiger partial charge is 0.478 e. The minimum absolute atomic E-state index is 0.891. The molecule has 0 unspecified atom stereocenters. The highest BCUT2D eigenvalue weighted by Gasteiger charge is 1.77. The van der Waals surface area contributed by atoms with Gasteiger partial charge >= 0.3 is 5.97 Å². The van der Waals surface area contributed by atoms with Gasteiger partial charge in [0.25, 0.3) is 0 Å². The number of aliphatic carboxylic acids is 1. The first-order valence-corrected chi connectivity index (χ1v) is 4.04. The maximum Gasteiger partial charge on any atom is 0.327 e. The van der Waals surface area contributed by atoms with E-state index in [9.17, 15) is 4.79 Å². The molecule has 2 heteroatoms. The first kappa shape index (κ1) is 13.5. The van der Waals surface area contributed by atoms with Gasteiger partial charge in [0, 0.05) is 6.08 Å². The van der Waals surface area contributed by atoms with Crippen molar-refractivity contribution in [1.82, 2.24) is 0 Å². The van der Waals surface area contributed by atoms with Gasteiger partial charge in [-0.15, -0.1) is 6.58 Å². The van der Waals surface area contributed by atoms with Crippen LogP contribution in [0.25, 0.3) is 0 Å². The zero-order chi connectivity index (χ0) is 9.98. The fraction of sp³-hybridized carbons (Fsp3) is 0.500. The molecule has 0 bridgehead atoms. The average molecular weight is 170 g/mol. The summed E-state index contributed by atoms with van der Waals surface area (Å²) in [6, 6.07) is 0. The fourth-order valence-electron chi connectivity index (χ4n) is 0.569. The van der Waals surface area contributed by atoms with Crippen LogP contribution in [0.2, 0.25) is 0 Å². The predicted molar refractivity (Wildman–Crippen MR) is 52.2 cm³/mol. The normalized spacial score (nSPS) is 8.92. The zero-order valence-electron chi connectivity index (χ0n) is 8.13. The van der Waals surface area contributed by atoms with Crippen molar-refractivity contribution in [3.05, 3.63) is 24.3 Å². The number of rotatable bonds is 3. The van der Waals surface area contributed by atoms with Crippen molar-refractivity contribution < 1.29 is 9.90 Å². The molecule has 0 rings (SSSR count). The van der Waals surface area contributed by atoms with E-state index in [1.165, 1.54) is 24.5 Å². The van der Waals surface area contributed by atoms with Gasteiger partial charge in [0.15, 0.2) is 0 Å². The van der Waals surface area contributed by atoms with Crippen molar-refractivity contribution >= 4 is 5.97 Å². The molecule has 0 saturated carbocycles. The van der Waals surface area contributed by atoms with Crippen LogP contribution in [-0.2, 0) is 4.79 Å². The van der Waals surface area contributed by atoms with Crippen LogP contribution >= 0.6 is 0 Å². The summed E-state index contributed by atoms with van der Waals surface area (Å²) in [5.74, 6) is -0.891. The molecule has 0 aromatic rings. The van der Waals surface area contributed by atoms with Gasteiger partial charge in [-0.25, -0.2) is 4.79 Å². The summed E-state index contributed by atoms with van der Waals surface area (Å²) in [6.45, 7) is 9.63. The first-order valence-electron chi connectivity index (χ1n) is 4.04.